The molecule has 0 aliphatic heterocycles. The third kappa shape index (κ3) is 4.68. The van der Waals surface area contributed by atoms with Crippen molar-refractivity contribution >= 4 is 10.0 Å². The van der Waals surface area contributed by atoms with Gasteiger partial charge < -0.3 is 0 Å². The number of nitrogens with zero attached hydrogens (tertiary/aromatic N) is 2. The summed E-state index contributed by atoms with van der Waals surface area (Å²) < 4.78 is 64.9. The van der Waals surface area contributed by atoms with Gasteiger partial charge in [-0.15, -0.1) is 0 Å². The summed E-state index contributed by atoms with van der Waals surface area (Å²) in [5.41, 5.74) is 0.472. The molecule has 0 fully saturated rings. The molecule has 5 nitrogen and oxygen atoms in total. The molecule has 1 aromatic heterocycles. The maximum Gasteiger partial charge on any atom is 0.435 e. The monoisotopic (exact) mass is 423 g/mol. The van der Waals surface area contributed by atoms with Crippen LogP contribution < -0.4 is 5.14 Å². The molecule has 29 heavy (non-hydrogen) atoms. The van der Waals surface area contributed by atoms with Crippen molar-refractivity contribution in [3.8, 4) is 16.9 Å². The van der Waals surface area contributed by atoms with Gasteiger partial charge in [0.1, 0.15) is 4.90 Å². The smallest absolute Gasteiger partial charge is 0.231 e. The maximum atomic E-state index is 13.3. The van der Waals surface area contributed by atoms with E-state index in [9.17, 15) is 21.6 Å². The van der Waals surface area contributed by atoms with Gasteiger partial charge in [-0.2, -0.15) is 18.3 Å². The molecule has 0 atom stereocenters. The van der Waals surface area contributed by atoms with Crippen LogP contribution in [0.4, 0.5) is 13.2 Å². The van der Waals surface area contributed by atoms with Crippen LogP contribution in [0.15, 0.2) is 59.5 Å². The van der Waals surface area contributed by atoms with Crippen LogP contribution in [-0.4, -0.2) is 18.2 Å². The third-order valence-corrected chi connectivity index (χ3v) is 5.25. The Morgan fingerprint density at radius 3 is 2.24 bits per heavy atom. The molecule has 2 N–H and O–H groups in total. The van der Waals surface area contributed by atoms with E-state index >= 15 is 0 Å². The van der Waals surface area contributed by atoms with Gasteiger partial charge in [-0.3, -0.25) is 0 Å². The van der Waals surface area contributed by atoms with E-state index in [0.717, 1.165) is 22.7 Å². The second-order valence-electron chi connectivity index (χ2n) is 7.13. The van der Waals surface area contributed by atoms with Crippen LogP contribution in [0, 0.1) is 5.92 Å². The predicted molar refractivity (Wildman–Crippen MR) is 104 cm³/mol. The Kier molecular flexibility index (Phi) is 5.55. The van der Waals surface area contributed by atoms with Gasteiger partial charge >= 0.3 is 6.18 Å². The minimum Gasteiger partial charge on any atom is -0.231 e. The lowest BCUT2D eigenvalue weighted by molar-refractivity contribution is -0.141. The average Bonchev–Trinajstić information content (AvgIpc) is 3.07. The second-order valence-corrected chi connectivity index (χ2v) is 8.66. The van der Waals surface area contributed by atoms with Crippen molar-refractivity contribution < 1.29 is 21.6 Å². The standard InChI is InChI=1S/C20H20F3N3O2S/c1-13(2)11-14-7-9-15(10-8-14)17-12-19(20(21,22)23)25-26(17)16-5-3-4-6-18(16)29(24,27)28/h3-10,12-13H,11H2,1-2H3,(H2,24,27,28). The summed E-state index contributed by atoms with van der Waals surface area (Å²) in [6, 6.07) is 13.5. The molecule has 0 amide bonds. The number of aromatic nitrogens is 2. The Bertz CT molecular complexity index is 1120. The first kappa shape index (κ1) is 21.1. The van der Waals surface area contributed by atoms with Crippen molar-refractivity contribution in [1.82, 2.24) is 9.78 Å². The van der Waals surface area contributed by atoms with Crippen LogP contribution in [0.2, 0.25) is 0 Å². The Hall–Kier alpha value is -2.65. The Balaban J connectivity index is 2.20. The number of sulfonamides is 1. The fourth-order valence-corrected chi connectivity index (χ4v) is 3.78. The summed E-state index contributed by atoms with van der Waals surface area (Å²) in [7, 11) is -4.17. The number of primary sulfonamides is 1. The lowest BCUT2D eigenvalue weighted by Crippen LogP contribution is -2.16. The lowest BCUT2D eigenvalue weighted by atomic mass is 10.0. The fourth-order valence-electron chi connectivity index (χ4n) is 3.06. The average molecular weight is 423 g/mol. The number of para-hydroxylation sites is 1. The first-order chi connectivity index (χ1) is 13.5. The highest BCUT2D eigenvalue weighted by molar-refractivity contribution is 7.89. The van der Waals surface area contributed by atoms with Crippen molar-refractivity contribution in [3.63, 3.8) is 0 Å². The van der Waals surface area contributed by atoms with E-state index in [4.69, 9.17) is 5.14 Å². The zero-order chi connectivity index (χ0) is 21.4. The van der Waals surface area contributed by atoms with Crippen LogP contribution in [0.3, 0.4) is 0 Å². The van der Waals surface area contributed by atoms with Gasteiger partial charge in [0.05, 0.1) is 11.4 Å². The van der Waals surface area contributed by atoms with Crippen molar-refractivity contribution in [3.05, 3.63) is 65.9 Å². The van der Waals surface area contributed by atoms with E-state index in [2.05, 4.69) is 18.9 Å². The van der Waals surface area contributed by atoms with Gasteiger partial charge in [-0.25, -0.2) is 18.2 Å². The molecule has 0 unspecified atom stereocenters. The molecule has 9 heteroatoms. The van der Waals surface area contributed by atoms with E-state index in [1.54, 1.807) is 12.1 Å². The minimum atomic E-state index is -4.69. The number of nitrogens with two attached hydrogens (primary N) is 1. The summed E-state index contributed by atoms with van der Waals surface area (Å²) in [5, 5.41) is 8.90. The SMILES string of the molecule is CC(C)Cc1ccc(-c2cc(C(F)(F)F)nn2-c2ccccc2S(N)(=O)=O)cc1. The Labute approximate surface area is 167 Å². The van der Waals surface area contributed by atoms with Gasteiger partial charge in [0, 0.05) is 5.56 Å². The highest BCUT2D eigenvalue weighted by atomic mass is 32.2. The van der Waals surface area contributed by atoms with Crippen molar-refractivity contribution in [2.24, 2.45) is 11.1 Å². The molecule has 1 heterocycles. The van der Waals surface area contributed by atoms with Crippen molar-refractivity contribution in [2.45, 2.75) is 31.3 Å². The Morgan fingerprint density at radius 1 is 1.07 bits per heavy atom. The molecule has 0 saturated heterocycles. The van der Waals surface area contributed by atoms with E-state index in [1.165, 1.54) is 24.3 Å². The van der Waals surface area contributed by atoms with Crippen molar-refractivity contribution in [2.75, 3.05) is 0 Å². The number of halogens is 3. The highest BCUT2D eigenvalue weighted by Crippen LogP contribution is 2.34. The van der Waals surface area contributed by atoms with Crippen LogP contribution in [0.1, 0.15) is 25.1 Å². The molecule has 3 rings (SSSR count). The minimum absolute atomic E-state index is 0.0493. The molecular formula is C20H20F3N3O2S. The first-order valence-corrected chi connectivity index (χ1v) is 10.4. The molecule has 0 aliphatic rings. The fraction of sp³-hybridized carbons (Fsp3) is 0.250. The van der Waals surface area contributed by atoms with Crippen LogP contribution in [0.5, 0.6) is 0 Å². The predicted octanol–water partition coefficient (Wildman–Crippen LogP) is 4.40. The highest BCUT2D eigenvalue weighted by Gasteiger charge is 2.35. The maximum absolute atomic E-state index is 13.3. The molecular weight excluding hydrogens is 403 g/mol. The first-order valence-electron chi connectivity index (χ1n) is 8.85. The molecule has 3 aromatic rings. The second kappa shape index (κ2) is 7.64. The molecule has 154 valence electrons. The number of hydrogen-bond acceptors (Lipinski definition) is 3. The third-order valence-electron chi connectivity index (χ3n) is 4.29. The molecule has 0 spiro atoms. The number of benzene rings is 2. The topological polar surface area (TPSA) is 78.0 Å². The summed E-state index contributed by atoms with van der Waals surface area (Å²) >= 11 is 0. The van der Waals surface area contributed by atoms with Gasteiger partial charge in [0.15, 0.2) is 5.69 Å². The van der Waals surface area contributed by atoms with Crippen LogP contribution in [-0.2, 0) is 22.6 Å². The van der Waals surface area contributed by atoms with Crippen LogP contribution >= 0.6 is 0 Å². The number of hydrogen-bond donors (Lipinski definition) is 1. The quantitative estimate of drug-likeness (QED) is 0.661. The van der Waals surface area contributed by atoms with E-state index in [-0.39, 0.29) is 16.3 Å². The molecule has 0 saturated carbocycles. The van der Waals surface area contributed by atoms with E-state index in [0.29, 0.717) is 11.5 Å². The van der Waals surface area contributed by atoms with Gasteiger partial charge in [-0.05, 0) is 36.1 Å². The lowest BCUT2D eigenvalue weighted by Gasteiger charge is -2.12. The normalized spacial score (nSPS) is 12.5. The number of rotatable bonds is 5. The molecule has 0 bridgehead atoms. The van der Waals surface area contributed by atoms with Gasteiger partial charge in [0.25, 0.3) is 0 Å². The molecule has 2 aromatic carbocycles. The van der Waals surface area contributed by atoms with Crippen molar-refractivity contribution in [1.29, 1.82) is 0 Å². The van der Waals surface area contributed by atoms with E-state index in [1.807, 2.05) is 12.1 Å². The largest absolute Gasteiger partial charge is 0.435 e. The summed E-state index contributed by atoms with van der Waals surface area (Å²) in [5.74, 6) is 0.435. The van der Waals surface area contributed by atoms with Gasteiger partial charge in [0.2, 0.25) is 10.0 Å². The summed E-state index contributed by atoms with van der Waals surface area (Å²) in [6.07, 6.45) is -3.85. The Morgan fingerprint density at radius 2 is 1.69 bits per heavy atom. The van der Waals surface area contributed by atoms with E-state index < -0.39 is 21.9 Å². The summed E-state index contributed by atoms with van der Waals surface area (Å²) in [6.45, 7) is 4.14. The zero-order valence-corrected chi connectivity index (χ0v) is 16.6. The molecule has 0 aliphatic carbocycles. The zero-order valence-electron chi connectivity index (χ0n) is 15.8. The molecule has 0 radical (unpaired) electrons. The number of alkyl halides is 3. The van der Waals surface area contributed by atoms with Gasteiger partial charge in [-0.1, -0.05) is 50.2 Å². The summed E-state index contributed by atoms with van der Waals surface area (Å²) in [4.78, 5) is -0.311. The van der Waals surface area contributed by atoms with Crippen LogP contribution in [0.25, 0.3) is 16.9 Å².